The number of carbonyl (C=O) groups excluding carboxylic acids is 1. The van der Waals surface area contributed by atoms with Gasteiger partial charge in [-0.3, -0.25) is 4.79 Å². The molecular formula is C25H23N5O3S. The third-order valence-electron chi connectivity index (χ3n) is 5.56. The van der Waals surface area contributed by atoms with Crippen LogP contribution in [0.25, 0.3) is 11.4 Å². The van der Waals surface area contributed by atoms with Crippen LogP contribution in [-0.4, -0.2) is 40.3 Å². The molecule has 0 saturated heterocycles. The average molecular weight is 474 g/mol. The van der Waals surface area contributed by atoms with Crippen LogP contribution in [0, 0.1) is 0 Å². The molecule has 3 aromatic carbocycles. The van der Waals surface area contributed by atoms with Crippen LogP contribution in [-0.2, 0) is 4.79 Å². The Morgan fingerprint density at radius 3 is 2.21 bits per heavy atom. The molecule has 2 atom stereocenters. The quantitative estimate of drug-likeness (QED) is 0.430. The number of fused-ring (bicyclic) bond motifs is 1. The van der Waals surface area contributed by atoms with E-state index in [9.17, 15) is 4.79 Å². The van der Waals surface area contributed by atoms with Gasteiger partial charge in [-0.05, 0) is 42.0 Å². The first-order chi connectivity index (χ1) is 16.7. The van der Waals surface area contributed by atoms with Crippen molar-refractivity contribution in [2.45, 2.75) is 16.4 Å². The zero-order chi connectivity index (χ0) is 23.5. The van der Waals surface area contributed by atoms with Crippen molar-refractivity contribution in [3.05, 3.63) is 84.4 Å². The van der Waals surface area contributed by atoms with E-state index in [0.29, 0.717) is 16.7 Å². The fraction of sp³-hybridized carbons (Fsp3) is 0.160. The van der Waals surface area contributed by atoms with E-state index < -0.39 is 5.25 Å². The average Bonchev–Trinajstić information content (AvgIpc) is 3.32. The third kappa shape index (κ3) is 4.29. The number of rotatable bonds is 6. The Labute approximate surface area is 201 Å². The van der Waals surface area contributed by atoms with E-state index in [1.807, 2.05) is 83.5 Å². The van der Waals surface area contributed by atoms with Gasteiger partial charge in [-0.1, -0.05) is 54.2 Å². The van der Waals surface area contributed by atoms with Gasteiger partial charge in [0.05, 0.1) is 20.3 Å². The molecule has 4 aromatic rings. The summed E-state index contributed by atoms with van der Waals surface area (Å²) < 4.78 is 12.4. The molecule has 5 rings (SSSR count). The van der Waals surface area contributed by atoms with Gasteiger partial charge in [0, 0.05) is 11.3 Å². The Morgan fingerprint density at radius 2 is 1.56 bits per heavy atom. The summed E-state index contributed by atoms with van der Waals surface area (Å²) in [4.78, 5) is 13.4. The molecule has 0 saturated carbocycles. The zero-order valence-corrected chi connectivity index (χ0v) is 19.5. The van der Waals surface area contributed by atoms with Crippen molar-refractivity contribution in [1.29, 1.82) is 0 Å². The van der Waals surface area contributed by atoms with E-state index in [0.717, 1.165) is 22.6 Å². The smallest absolute Gasteiger partial charge is 0.240 e. The van der Waals surface area contributed by atoms with Crippen molar-refractivity contribution in [3.8, 4) is 22.9 Å². The van der Waals surface area contributed by atoms with Crippen molar-refractivity contribution < 1.29 is 14.3 Å². The van der Waals surface area contributed by atoms with Crippen LogP contribution >= 0.6 is 11.8 Å². The van der Waals surface area contributed by atoms with Crippen LogP contribution in [0.1, 0.15) is 11.6 Å². The number of ether oxygens (including phenoxy) is 2. The molecule has 0 aliphatic carbocycles. The van der Waals surface area contributed by atoms with Gasteiger partial charge in [0.1, 0.15) is 16.7 Å². The van der Waals surface area contributed by atoms with Crippen LogP contribution in [0.3, 0.4) is 0 Å². The molecular weight excluding hydrogens is 450 g/mol. The number of thioether (sulfide) groups is 1. The topological polar surface area (TPSA) is 90.3 Å². The van der Waals surface area contributed by atoms with E-state index in [1.165, 1.54) is 11.8 Å². The molecule has 0 radical (unpaired) electrons. The molecule has 0 bridgehead atoms. The number of amides is 1. The minimum atomic E-state index is -0.490. The molecule has 8 nitrogen and oxygen atoms in total. The van der Waals surface area contributed by atoms with Crippen LogP contribution in [0.5, 0.6) is 11.5 Å². The molecule has 0 fully saturated rings. The van der Waals surface area contributed by atoms with E-state index in [1.54, 1.807) is 14.2 Å². The maximum atomic E-state index is 13.4. The lowest BCUT2D eigenvalue weighted by Gasteiger charge is -2.33. The molecule has 1 aliphatic heterocycles. The maximum Gasteiger partial charge on any atom is 0.240 e. The van der Waals surface area contributed by atoms with Crippen molar-refractivity contribution in [1.82, 2.24) is 14.9 Å². The Bertz CT molecular complexity index is 1280. The number of benzene rings is 3. The number of hydrogen-bond donors (Lipinski definition) is 2. The van der Waals surface area contributed by atoms with Gasteiger partial charge in [0.2, 0.25) is 11.1 Å². The summed E-state index contributed by atoms with van der Waals surface area (Å²) in [6.45, 7) is 0. The highest BCUT2D eigenvalue weighted by Gasteiger charge is 2.38. The van der Waals surface area contributed by atoms with Gasteiger partial charge in [-0.2, -0.15) is 0 Å². The van der Waals surface area contributed by atoms with Gasteiger partial charge in [0.15, 0.2) is 5.82 Å². The van der Waals surface area contributed by atoms with Gasteiger partial charge in [0.25, 0.3) is 0 Å². The summed E-state index contributed by atoms with van der Waals surface area (Å²) in [6.07, 6.45) is 0. The minimum Gasteiger partial charge on any atom is -0.497 e. The molecule has 2 N–H and O–H groups in total. The lowest BCUT2D eigenvalue weighted by Crippen LogP contribution is -2.41. The summed E-state index contributed by atoms with van der Waals surface area (Å²) in [7, 11) is 3.24. The molecule has 0 spiro atoms. The molecule has 172 valence electrons. The standard InChI is InChI=1S/C25H23N5O3S/c1-32-19-12-8-16(9-13-19)21-22(24(31)26-18-10-14-20(33-2)15-11-18)34-25-28-27-23(30(25)29-21)17-6-4-3-5-7-17/h3-15,21-22,29H,1-2H3,(H,26,31). The minimum absolute atomic E-state index is 0.140. The van der Waals surface area contributed by atoms with Crippen molar-refractivity contribution >= 4 is 23.4 Å². The van der Waals surface area contributed by atoms with E-state index in [2.05, 4.69) is 20.9 Å². The van der Waals surface area contributed by atoms with Crippen LogP contribution < -0.4 is 20.2 Å². The fourth-order valence-corrected chi connectivity index (χ4v) is 4.86. The van der Waals surface area contributed by atoms with E-state index >= 15 is 0 Å². The second-order valence-corrected chi connectivity index (χ2v) is 8.75. The molecule has 34 heavy (non-hydrogen) atoms. The second-order valence-electron chi connectivity index (χ2n) is 7.64. The molecule has 1 aromatic heterocycles. The molecule has 2 unspecified atom stereocenters. The van der Waals surface area contributed by atoms with Gasteiger partial charge in [-0.25, -0.2) is 4.68 Å². The lowest BCUT2D eigenvalue weighted by molar-refractivity contribution is -0.116. The predicted molar refractivity (Wildman–Crippen MR) is 132 cm³/mol. The first kappa shape index (κ1) is 21.8. The Balaban J connectivity index is 1.48. The zero-order valence-electron chi connectivity index (χ0n) is 18.6. The number of anilines is 1. The number of carbonyl (C=O) groups is 1. The monoisotopic (exact) mass is 473 g/mol. The Morgan fingerprint density at radius 1 is 0.912 bits per heavy atom. The number of hydrogen-bond acceptors (Lipinski definition) is 7. The number of nitrogens with zero attached hydrogens (tertiary/aromatic N) is 3. The number of aromatic nitrogens is 3. The highest BCUT2D eigenvalue weighted by atomic mass is 32.2. The second kappa shape index (κ2) is 9.48. The van der Waals surface area contributed by atoms with Gasteiger partial charge < -0.3 is 20.2 Å². The molecule has 1 amide bonds. The fourth-order valence-electron chi connectivity index (χ4n) is 3.78. The number of methoxy groups -OCH3 is 2. The SMILES string of the molecule is COc1ccc(NC(=O)C2Sc3nnc(-c4ccccc4)n3NC2c2ccc(OC)cc2)cc1. The van der Waals surface area contributed by atoms with Gasteiger partial charge >= 0.3 is 0 Å². The van der Waals surface area contributed by atoms with Crippen LogP contribution in [0.2, 0.25) is 0 Å². The largest absolute Gasteiger partial charge is 0.497 e. The molecule has 2 heterocycles. The highest BCUT2D eigenvalue weighted by Crippen LogP contribution is 2.39. The summed E-state index contributed by atoms with van der Waals surface area (Å²) in [6, 6.07) is 24.5. The van der Waals surface area contributed by atoms with Crippen LogP contribution in [0.4, 0.5) is 5.69 Å². The Kier molecular flexibility index (Phi) is 6.09. The summed E-state index contributed by atoms with van der Waals surface area (Å²) in [5.41, 5.74) is 6.05. The maximum absolute atomic E-state index is 13.4. The summed E-state index contributed by atoms with van der Waals surface area (Å²) >= 11 is 1.38. The molecule has 1 aliphatic rings. The predicted octanol–water partition coefficient (Wildman–Crippen LogP) is 4.36. The Hall–Kier alpha value is -3.98. The van der Waals surface area contributed by atoms with E-state index in [-0.39, 0.29) is 11.9 Å². The van der Waals surface area contributed by atoms with Crippen molar-refractivity contribution in [3.63, 3.8) is 0 Å². The lowest BCUT2D eigenvalue weighted by atomic mass is 10.0. The first-order valence-corrected chi connectivity index (χ1v) is 11.6. The van der Waals surface area contributed by atoms with Gasteiger partial charge in [-0.15, -0.1) is 10.2 Å². The summed E-state index contributed by atoms with van der Waals surface area (Å²) in [5, 5.41) is 11.9. The summed E-state index contributed by atoms with van der Waals surface area (Å²) in [5.74, 6) is 2.03. The van der Waals surface area contributed by atoms with Crippen molar-refractivity contribution in [2.24, 2.45) is 0 Å². The molecule has 9 heteroatoms. The van der Waals surface area contributed by atoms with Crippen LogP contribution in [0.15, 0.2) is 84.0 Å². The highest BCUT2D eigenvalue weighted by molar-refractivity contribution is 8.00. The normalized spacial score (nSPS) is 16.8. The number of nitrogens with one attached hydrogen (secondary N) is 2. The van der Waals surface area contributed by atoms with E-state index in [4.69, 9.17) is 9.47 Å². The third-order valence-corrected chi connectivity index (χ3v) is 6.77. The first-order valence-electron chi connectivity index (χ1n) is 10.7. The van der Waals surface area contributed by atoms with Crippen molar-refractivity contribution in [2.75, 3.05) is 25.0 Å².